The van der Waals surface area contributed by atoms with Crippen molar-refractivity contribution < 1.29 is 23.9 Å². The Morgan fingerprint density at radius 2 is 1.74 bits per heavy atom. The number of fused-ring (bicyclic) bond motifs is 1. The summed E-state index contributed by atoms with van der Waals surface area (Å²) >= 11 is 0. The number of rotatable bonds is 9. The minimum Gasteiger partial charge on any atom is -0.384 e. The van der Waals surface area contributed by atoms with Crippen LogP contribution in [0.25, 0.3) is 0 Å². The largest absolute Gasteiger partial charge is 0.384 e. The highest BCUT2D eigenvalue weighted by Crippen LogP contribution is 2.29. The molecule has 3 heterocycles. The summed E-state index contributed by atoms with van der Waals surface area (Å²) in [4.78, 5) is 46.2. The van der Waals surface area contributed by atoms with Crippen LogP contribution >= 0.6 is 0 Å². The number of nitrogens with zero attached hydrogens (tertiary/aromatic N) is 4. The molecule has 0 spiro atoms. The van der Waals surface area contributed by atoms with Crippen LogP contribution in [0.15, 0.2) is 0 Å². The van der Waals surface area contributed by atoms with Gasteiger partial charge in [-0.15, -0.1) is 0 Å². The number of hydrogen-bond donors (Lipinski definition) is 0. The third kappa shape index (κ3) is 5.49. The third-order valence-electron chi connectivity index (χ3n) is 6.64. The molecule has 0 radical (unpaired) electrons. The molecule has 176 valence electrons. The topological polar surface area (TPSA) is 82.6 Å². The van der Waals surface area contributed by atoms with Gasteiger partial charge in [0.25, 0.3) is 0 Å². The van der Waals surface area contributed by atoms with E-state index in [0.717, 1.165) is 19.4 Å². The van der Waals surface area contributed by atoms with Gasteiger partial charge < -0.3 is 29.1 Å². The molecule has 2 atom stereocenters. The zero-order chi connectivity index (χ0) is 22.5. The van der Waals surface area contributed by atoms with Crippen LogP contribution in [0.2, 0.25) is 0 Å². The van der Waals surface area contributed by atoms with Crippen molar-refractivity contribution in [2.75, 3.05) is 66.7 Å². The molecule has 9 nitrogen and oxygen atoms in total. The lowest BCUT2D eigenvalue weighted by molar-refractivity contribution is -0.143. The maximum absolute atomic E-state index is 13.2. The summed E-state index contributed by atoms with van der Waals surface area (Å²) < 4.78 is 10.4. The molecule has 0 aliphatic carbocycles. The molecular weight excluding hydrogens is 400 g/mol. The van der Waals surface area contributed by atoms with E-state index in [9.17, 15) is 14.4 Å². The van der Waals surface area contributed by atoms with Crippen molar-refractivity contribution in [2.24, 2.45) is 11.8 Å². The molecule has 3 aliphatic heterocycles. The fraction of sp³-hybridized carbons (Fsp3) is 0.864. The Labute approximate surface area is 185 Å². The number of piperidine rings is 1. The lowest BCUT2D eigenvalue weighted by Crippen LogP contribution is -2.61. The number of amides is 4. The molecule has 31 heavy (non-hydrogen) atoms. The molecule has 0 N–H and O–H groups in total. The van der Waals surface area contributed by atoms with E-state index in [1.807, 2.05) is 9.80 Å². The molecular formula is C22H38N4O5. The Morgan fingerprint density at radius 3 is 2.35 bits per heavy atom. The summed E-state index contributed by atoms with van der Waals surface area (Å²) in [5.74, 6) is 0.766. The number of carbonyl (C=O) groups excluding carboxylic acids is 3. The molecule has 3 fully saturated rings. The molecule has 9 heteroatoms. The van der Waals surface area contributed by atoms with Gasteiger partial charge >= 0.3 is 6.03 Å². The Kier molecular flexibility index (Phi) is 8.16. The van der Waals surface area contributed by atoms with Crippen molar-refractivity contribution in [3.8, 4) is 0 Å². The minimum absolute atomic E-state index is 0.00737. The molecule has 3 aliphatic rings. The highest BCUT2D eigenvalue weighted by molar-refractivity contribution is 5.92. The molecule has 0 unspecified atom stereocenters. The minimum atomic E-state index is -0.465. The van der Waals surface area contributed by atoms with Crippen molar-refractivity contribution in [3.05, 3.63) is 0 Å². The van der Waals surface area contributed by atoms with Gasteiger partial charge in [0, 0.05) is 53.6 Å². The Hall–Kier alpha value is -1.87. The summed E-state index contributed by atoms with van der Waals surface area (Å²) in [6, 6.07) is -0.725. The molecule has 3 rings (SSSR count). The second-order valence-electron chi connectivity index (χ2n) is 9.43. The van der Waals surface area contributed by atoms with Crippen LogP contribution in [0, 0.1) is 11.8 Å². The van der Waals surface area contributed by atoms with Gasteiger partial charge in [-0.05, 0) is 31.1 Å². The van der Waals surface area contributed by atoms with E-state index in [-0.39, 0.29) is 36.3 Å². The first-order chi connectivity index (χ1) is 14.8. The normalized spacial score (nSPS) is 25.1. The summed E-state index contributed by atoms with van der Waals surface area (Å²) in [6.07, 6.45) is 2.49. The van der Waals surface area contributed by atoms with Crippen molar-refractivity contribution in [3.63, 3.8) is 0 Å². The van der Waals surface area contributed by atoms with Gasteiger partial charge in [-0.25, -0.2) is 4.79 Å². The van der Waals surface area contributed by atoms with E-state index < -0.39 is 6.04 Å². The summed E-state index contributed by atoms with van der Waals surface area (Å²) in [6.45, 7) is 8.33. The molecule has 0 bridgehead atoms. The van der Waals surface area contributed by atoms with Crippen molar-refractivity contribution in [1.82, 2.24) is 19.6 Å². The number of urea groups is 1. The highest BCUT2D eigenvalue weighted by atomic mass is 16.5. The second-order valence-corrected chi connectivity index (χ2v) is 9.43. The maximum Gasteiger partial charge on any atom is 0.321 e. The first kappa shape index (κ1) is 23.8. The molecule has 0 aromatic rings. The van der Waals surface area contributed by atoms with Crippen molar-refractivity contribution in [2.45, 2.75) is 45.2 Å². The van der Waals surface area contributed by atoms with E-state index in [0.29, 0.717) is 51.7 Å². The number of likely N-dealkylation sites (tertiary alicyclic amines) is 1. The van der Waals surface area contributed by atoms with E-state index >= 15 is 0 Å². The number of ether oxygens (including phenoxy) is 2. The number of hydrogen-bond acceptors (Lipinski definition) is 5. The first-order valence-corrected chi connectivity index (χ1v) is 11.5. The van der Waals surface area contributed by atoms with E-state index in [1.54, 1.807) is 24.0 Å². The zero-order valence-electron chi connectivity index (χ0n) is 19.4. The quantitative estimate of drug-likeness (QED) is 0.534. The molecule has 4 amide bonds. The number of methoxy groups -OCH3 is 2. The standard InChI is InChI=1S/C22H38N4O5/c1-16(2)11-19-21(28)24(9-10-30-3)12-18-13-25(22(29)26(18)19)14-20(27)23-7-5-17(6-8-23)15-31-4/h16-19H,5-15H2,1-4H3/t18-,19-/m0/s1. The van der Waals surface area contributed by atoms with Crippen LogP contribution in [0.5, 0.6) is 0 Å². The van der Waals surface area contributed by atoms with E-state index in [1.165, 1.54) is 0 Å². The van der Waals surface area contributed by atoms with Crippen LogP contribution in [0.1, 0.15) is 33.1 Å². The third-order valence-corrected chi connectivity index (χ3v) is 6.64. The lowest BCUT2D eigenvalue weighted by Gasteiger charge is -2.42. The van der Waals surface area contributed by atoms with Gasteiger partial charge in [0.15, 0.2) is 0 Å². The van der Waals surface area contributed by atoms with E-state index in [4.69, 9.17) is 9.47 Å². The number of piperazine rings is 1. The summed E-state index contributed by atoms with van der Waals surface area (Å²) in [7, 11) is 3.33. The monoisotopic (exact) mass is 438 g/mol. The molecule has 0 aromatic carbocycles. The Bertz CT molecular complexity index is 650. The van der Waals surface area contributed by atoms with Gasteiger partial charge in [0.2, 0.25) is 11.8 Å². The van der Waals surface area contributed by atoms with Crippen LogP contribution in [-0.4, -0.2) is 116 Å². The second kappa shape index (κ2) is 10.6. The molecule has 3 saturated heterocycles. The van der Waals surface area contributed by atoms with Gasteiger partial charge in [-0.2, -0.15) is 0 Å². The van der Waals surface area contributed by atoms with Crippen LogP contribution in [0.3, 0.4) is 0 Å². The average Bonchev–Trinajstić information content (AvgIpc) is 3.04. The highest BCUT2D eigenvalue weighted by Gasteiger charge is 2.49. The van der Waals surface area contributed by atoms with Crippen molar-refractivity contribution in [1.29, 1.82) is 0 Å². The predicted molar refractivity (Wildman–Crippen MR) is 115 cm³/mol. The SMILES string of the molecule is COCCN1C[C@H]2CN(CC(=O)N3CCC(COC)CC3)C(=O)N2[C@@H](CC(C)C)C1=O. The van der Waals surface area contributed by atoms with Gasteiger partial charge in [-0.1, -0.05) is 13.8 Å². The Morgan fingerprint density at radius 1 is 1.06 bits per heavy atom. The number of carbonyl (C=O) groups is 3. The Balaban J connectivity index is 1.64. The maximum atomic E-state index is 13.2. The fourth-order valence-electron chi connectivity index (χ4n) is 4.99. The lowest BCUT2D eigenvalue weighted by atomic mass is 9.97. The predicted octanol–water partition coefficient (Wildman–Crippen LogP) is 0.881. The fourth-order valence-corrected chi connectivity index (χ4v) is 4.99. The van der Waals surface area contributed by atoms with Crippen LogP contribution < -0.4 is 0 Å². The van der Waals surface area contributed by atoms with Gasteiger partial charge in [0.05, 0.1) is 12.6 Å². The van der Waals surface area contributed by atoms with Gasteiger partial charge in [-0.3, -0.25) is 9.59 Å². The van der Waals surface area contributed by atoms with E-state index in [2.05, 4.69) is 13.8 Å². The summed E-state index contributed by atoms with van der Waals surface area (Å²) in [5.41, 5.74) is 0. The zero-order valence-corrected chi connectivity index (χ0v) is 19.4. The summed E-state index contributed by atoms with van der Waals surface area (Å²) in [5, 5.41) is 0. The molecule has 0 saturated carbocycles. The van der Waals surface area contributed by atoms with Crippen LogP contribution in [0.4, 0.5) is 4.79 Å². The average molecular weight is 439 g/mol. The first-order valence-electron chi connectivity index (χ1n) is 11.5. The smallest absolute Gasteiger partial charge is 0.321 e. The van der Waals surface area contributed by atoms with Crippen LogP contribution in [-0.2, 0) is 19.1 Å². The van der Waals surface area contributed by atoms with Gasteiger partial charge in [0.1, 0.15) is 12.6 Å². The molecule has 0 aromatic heterocycles. The van der Waals surface area contributed by atoms with Crippen molar-refractivity contribution >= 4 is 17.8 Å².